The summed E-state index contributed by atoms with van der Waals surface area (Å²) in [4.78, 5) is 6.78. The summed E-state index contributed by atoms with van der Waals surface area (Å²) in [5.74, 6) is 0.858. The molecule has 1 aromatic rings. The van der Waals surface area contributed by atoms with Crippen LogP contribution in [0.5, 0.6) is 0 Å². The normalized spacial score (nSPS) is 20.8. The highest BCUT2D eigenvalue weighted by Crippen LogP contribution is 2.21. The Labute approximate surface area is 106 Å². The first-order chi connectivity index (χ1) is 8.31. The monoisotopic (exact) mass is 256 g/mol. The Hall–Kier alpha value is -0.720. The fourth-order valence-corrected chi connectivity index (χ4v) is 2.70. The Balaban J connectivity index is 1.96. The van der Waals surface area contributed by atoms with Gasteiger partial charge in [0.1, 0.15) is 5.82 Å². The lowest BCUT2D eigenvalue weighted by molar-refractivity contribution is 0.0938. The van der Waals surface area contributed by atoms with Gasteiger partial charge in [0.15, 0.2) is 0 Å². The molecule has 0 bridgehead atoms. The molecule has 0 spiro atoms. The molecule has 1 aliphatic rings. The van der Waals surface area contributed by atoms with E-state index in [0.717, 1.165) is 50.2 Å². The highest BCUT2D eigenvalue weighted by molar-refractivity contribution is 7.09. The van der Waals surface area contributed by atoms with Gasteiger partial charge in [0.05, 0.1) is 19.3 Å². The Morgan fingerprint density at radius 2 is 2.47 bits per heavy atom. The molecule has 2 rings (SSSR count). The summed E-state index contributed by atoms with van der Waals surface area (Å²) in [6.45, 7) is 8.58. The summed E-state index contributed by atoms with van der Waals surface area (Å²) in [6.07, 6.45) is 1.16. The van der Waals surface area contributed by atoms with E-state index in [2.05, 4.69) is 26.5 Å². The zero-order valence-electron chi connectivity index (χ0n) is 10.5. The number of nitrogens with one attached hydrogen (secondary N) is 1. The number of rotatable bonds is 5. The molecular weight excluding hydrogens is 236 g/mol. The first-order valence-electron chi connectivity index (χ1n) is 6.16. The third kappa shape index (κ3) is 3.37. The summed E-state index contributed by atoms with van der Waals surface area (Å²) < 4.78 is 9.80. The molecule has 17 heavy (non-hydrogen) atoms. The molecule has 6 heteroatoms. The van der Waals surface area contributed by atoms with Gasteiger partial charge in [-0.3, -0.25) is 0 Å². The molecule has 0 amide bonds. The van der Waals surface area contributed by atoms with E-state index >= 15 is 0 Å². The molecular formula is C11H20N4OS. The smallest absolute Gasteiger partial charge is 0.205 e. The molecule has 1 unspecified atom stereocenters. The van der Waals surface area contributed by atoms with Crippen molar-refractivity contribution in [3.8, 4) is 0 Å². The van der Waals surface area contributed by atoms with Crippen molar-refractivity contribution >= 4 is 16.7 Å². The fourth-order valence-electron chi connectivity index (χ4n) is 1.92. The average Bonchev–Trinajstić information content (AvgIpc) is 2.77. The van der Waals surface area contributed by atoms with Crippen molar-refractivity contribution in [2.24, 2.45) is 0 Å². The van der Waals surface area contributed by atoms with Gasteiger partial charge in [-0.1, -0.05) is 6.92 Å². The summed E-state index contributed by atoms with van der Waals surface area (Å²) >= 11 is 1.48. The minimum atomic E-state index is 0.377. The van der Waals surface area contributed by atoms with E-state index in [-0.39, 0.29) is 0 Å². The van der Waals surface area contributed by atoms with Crippen molar-refractivity contribution < 1.29 is 4.74 Å². The van der Waals surface area contributed by atoms with Crippen LogP contribution in [0.15, 0.2) is 0 Å². The molecule has 1 aliphatic heterocycles. The predicted molar refractivity (Wildman–Crippen MR) is 69.8 cm³/mol. The molecule has 0 aromatic carbocycles. The second-order valence-corrected chi connectivity index (χ2v) is 4.98. The summed E-state index contributed by atoms with van der Waals surface area (Å²) in [6, 6.07) is 0.377. The standard InChI is InChI=1S/C11H20N4OS/c1-3-4-12-7-10-8-16-6-5-15(10)11-13-9(2)14-17-11/h10,12H,3-8H2,1-2H3. The number of hydrogen-bond donors (Lipinski definition) is 1. The highest BCUT2D eigenvalue weighted by Gasteiger charge is 2.25. The maximum Gasteiger partial charge on any atom is 0.205 e. The van der Waals surface area contributed by atoms with E-state index in [1.807, 2.05) is 6.92 Å². The number of anilines is 1. The third-order valence-electron chi connectivity index (χ3n) is 2.80. The molecule has 96 valence electrons. The topological polar surface area (TPSA) is 50.3 Å². The molecule has 0 saturated carbocycles. The zero-order chi connectivity index (χ0) is 12.1. The summed E-state index contributed by atoms with van der Waals surface area (Å²) in [7, 11) is 0. The van der Waals surface area contributed by atoms with Crippen LogP contribution in [0.1, 0.15) is 19.2 Å². The minimum Gasteiger partial charge on any atom is -0.377 e. The van der Waals surface area contributed by atoms with Crippen molar-refractivity contribution in [3.63, 3.8) is 0 Å². The molecule has 5 nitrogen and oxygen atoms in total. The van der Waals surface area contributed by atoms with Crippen LogP contribution >= 0.6 is 11.5 Å². The van der Waals surface area contributed by atoms with Gasteiger partial charge in [-0.05, 0) is 19.9 Å². The van der Waals surface area contributed by atoms with E-state index in [1.54, 1.807) is 0 Å². The largest absolute Gasteiger partial charge is 0.377 e. The molecule has 1 fully saturated rings. The van der Waals surface area contributed by atoms with Crippen molar-refractivity contribution in [1.82, 2.24) is 14.7 Å². The van der Waals surface area contributed by atoms with E-state index in [9.17, 15) is 0 Å². The van der Waals surface area contributed by atoms with Crippen LogP contribution < -0.4 is 10.2 Å². The Kier molecular flexibility index (Phi) is 4.70. The predicted octanol–water partition coefficient (Wildman–Crippen LogP) is 1.05. The fraction of sp³-hybridized carbons (Fsp3) is 0.818. The second-order valence-electron chi connectivity index (χ2n) is 4.25. The number of aryl methyl sites for hydroxylation is 1. The number of ether oxygens (including phenoxy) is 1. The van der Waals surface area contributed by atoms with E-state index in [1.165, 1.54) is 11.5 Å². The maximum absolute atomic E-state index is 5.55. The zero-order valence-corrected chi connectivity index (χ0v) is 11.3. The van der Waals surface area contributed by atoms with Crippen LogP contribution in [0.25, 0.3) is 0 Å². The van der Waals surface area contributed by atoms with Crippen LogP contribution in [-0.2, 0) is 4.74 Å². The first kappa shape index (κ1) is 12.7. The van der Waals surface area contributed by atoms with Gasteiger partial charge >= 0.3 is 0 Å². The highest BCUT2D eigenvalue weighted by atomic mass is 32.1. The molecule has 1 atom stereocenters. The molecule has 0 aliphatic carbocycles. The van der Waals surface area contributed by atoms with E-state index in [4.69, 9.17) is 4.74 Å². The van der Waals surface area contributed by atoms with Gasteiger partial charge in [-0.25, -0.2) is 4.98 Å². The molecule has 1 aromatic heterocycles. The van der Waals surface area contributed by atoms with Crippen molar-refractivity contribution in [2.75, 3.05) is 37.7 Å². The van der Waals surface area contributed by atoms with Crippen molar-refractivity contribution in [2.45, 2.75) is 26.3 Å². The Bertz CT molecular complexity index is 344. The van der Waals surface area contributed by atoms with Crippen LogP contribution in [0, 0.1) is 6.92 Å². The van der Waals surface area contributed by atoms with Gasteiger partial charge in [-0.15, -0.1) is 0 Å². The third-order valence-corrected chi connectivity index (χ3v) is 3.64. The molecule has 1 saturated heterocycles. The van der Waals surface area contributed by atoms with Gasteiger partial charge in [0, 0.05) is 24.6 Å². The number of nitrogens with zero attached hydrogens (tertiary/aromatic N) is 3. The van der Waals surface area contributed by atoms with E-state index < -0.39 is 0 Å². The summed E-state index contributed by atoms with van der Waals surface area (Å²) in [5.41, 5.74) is 0. The lowest BCUT2D eigenvalue weighted by Crippen LogP contribution is -2.50. The molecule has 2 heterocycles. The quantitative estimate of drug-likeness (QED) is 0.798. The van der Waals surface area contributed by atoms with Gasteiger partial charge < -0.3 is 15.0 Å². The minimum absolute atomic E-state index is 0.377. The lowest BCUT2D eigenvalue weighted by Gasteiger charge is -2.35. The van der Waals surface area contributed by atoms with Crippen molar-refractivity contribution in [3.05, 3.63) is 5.82 Å². The van der Waals surface area contributed by atoms with Crippen LogP contribution in [0.4, 0.5) is 5.13 Å². The Morgan fingerprint density at radius 3 is 3.18 bits per heavy atom. The van der Waals surface area contributed by atoms with Crippen LogP contribution in [0.3, 0.4) is 0 Å². The van der Waals surface area contributed by atoms with Gasteiger partial charge in [0.25, 0.3) is 0 Å². The molecule has 0 radical (unpaired) electrons. The number of aromatic nitrogens is 2. The van der Waals surface area contributed by atoms with Gasteiger partial charge in [-0.2, -0.15) is 4.37 Å². The SMILES string of the molecule is CCCNCC1COCCN1c1nc(C)ns1. The number of morpholine rings is 1. The van der Waals surface area contributed by atoms with Crippen LogP contribution in [-0.4, -0.2) is 48.2 Å². The number of hydrogen-bond acceptors (Lipinski definition) is 6. The van der Waals surface area contributed by atoms with Crippen molar-refractivity contribution in [1.29, 1.82) is 0 Å². The maximum atomic E-state index is 5.55. The Morgan fingerprint density at radius 1 is 1.59 bits per heavy atom. The van der Waals surface area contributed by atoms with Crippen LogP contribution in [0.2, 0.25) is 0 Å². The average molecular weight is 256 g/mol. The summed E-state index contributed by atoms with van der Waals surface area (Å²) in [5, 5.41) is 4.47. The lowest BCUT2D eigenvalue weighted by atomic mass is 10.2. The first-order valence-corrected chi connectivity index (χ1v) is 6.94. The molecule has 1 N–H and O–H groups in total. The van der Waals surface area contributed by atoms with Gasteiger partial charge in [0.2, 0.25) is 5.13 Å². The second kappa shape index (κ2) is 6.28. The van der Waals surface area contributed by atoms with E-state index in [0.29, 0.717) is 6.04 Å².